The standard InChI is InChI=1S/C13H18N2O2/c1-10-5-3-2-4-8-15(10)13(17)11-6-7-14-9-12(11)16/h6-7,9-10,16H,2-5,8H2,1H3. The molecule has 0 spiro atoms. The lowest BCUT2D eigenvalue weighted by Crippen LogP contribution is -2.38. The average Bonchev–Trinajstić information content (AvgIpc) is 2.54. The molecule has 1 aromatic heterocycles. The second kappa shape index (κ2) is 5.17. The summed E-state index contributed by atoms with van der Waals surface area (Å²) in [5.74, 6) is -0.117. The fourth-order valence-electron chi connectivity index (χ4n) is 2.30. The van der Waals surface area contributed by atoms with E-state index in [4.69, 9.17) is 0 Å². The lowest BCUT2D eigenvalue weighted by molar-refractivity contribution is 0.0694. The minimum atomic E-state index is -0.0840. The summed E-state index contributed by atoms with van der Waals surface area (Å²) in [5.41, 5.74) is 0.355. The molecule has 1 N–H and O–H groups in total. The van der Waals surface area contributed by atoms with Gasteiger partial charge in [0.2, 0.25) is 0 Å². The summed E-state index contributed by atoms with van der Waals surface area (Å²) in [6.07, 6.45) is 7.29. The number of pyridine rings is 1. The summed E-state index contributed by atoms with van der Waals surface area (Å²) in [6.45, 7) is 2.85. The lowest BCUT2D eigenvalue weighted by Gasteiger charge is -2.27. The van der Waals surface area contributed by atoms with Crippen molar-refractivity contribution in [3.05, 3.63) is 24.0 Å². The molecule has 1 saturated heterocycles. The number of amides is 1. The molecule has 0 aromatic carbocycles. The quantitative estimate of drug-likeness (QED) is 0.810. The van der Waals surface area contributed by atoms with E-state index in [2.05, 4.69) is 11.9 Å². The molecule has 4 nitrogen and oxygen atoms in total. The highest BCUT2D eigenvalue weighted by Crippen LogP contribution is 2.22. The number of rotatable bonds is 1. The first-order valence-electron chi connectivity index (χ1n) is 6.14. The first-order valence-corrected chi connectivity index (χ1v) is 6.14. The molecule has 1 atom stereocenters. The largest absolute Gasteiger partial charge is 0.505 e. The molecule has 0 radical (unpaired) electrons. The lowest BCUT2D eigenvalue weighted by atomic mass is 10.1. The number of hydrogen-bond donors (Lipinski definition) is 1. The summed E-state index contributed by atoms with van der Waals surface area (Å²) in [6, 6.07) is 1.83. The summed E-state index contributed by atoms with van der Waals surface area (Å²) in [7, 11) is 0. The van der Waals surface area contributed by atoms with Crippen molar-refractivity contribution in [1.82, 2.24) is 9.88 Å². The number of aromatic hydroxyl groups is 1. The summed E-state index contributed by atoms with van der Waals surface area (Å²) >= 11 is 0. The third-order valence-corrected chi connectivity index (χ3v) is 3.34. The Hall–Kier alpha value is -1.58. The van der Waals surface area contributed by atoms with Crippen LogP contribution in [0.25, 0.3) is 0 Å². The SMILES string of the molecule is CC1CCCCCN1C(=O)c1ccncc1O. The normalized spacial score (nSPS) is 21.0. The highest BCUT2D eigenvalue weighted by atomic mass is 16.3. The van der Waals surface area contributed by atoms with Crippen LogP contribution >= 0.6 is 0 Å². The van der Waals surface area contributed by atoms with Crippen molar-refractivity contribution in [3.63, 3.8) is 0 Å². The number of carbonyl (C=O) groups is 1. The van der Waals surface area contributed by atoms with Gasteiger partial charge in [0.15, 0.2) is 0 Å². The van der Waals surface area contributed by atoms with Gasteiger partial charge in [-0.25, -0.2) is 0 Å². The summed E-state index contributed by atoms with van der Waals surface area (Å²) in [4.78, 5) is 18.0. The van der Waals surface area contributed by atoms with Crippen LogP contribution in [0.1, 0.15) is 43.0 Å². The monoisotopic (exact) mass is 234 g/mol. The molecule has 4 heteroatoms. The molecule has 0 bridgehead atoms. The van der Waals surface area contributed by atoms with Gasteiger partial charge < -0.3 is 10.0 Å². The molecule has 1 unspecified atom stereocenters. The highest BCUT2D eigenvalue weighted by Gasteiger charge is 2.24. The maximum Gasteiger partial charge on any atom is 0.257 e. The van der Waals surface area contributed by atoms with Gasteiger partial charge in [0, 0.05) is 18.8 Å². The number of likely N-dealkylation sites (tertiary alicyclic amines) is 1. The molecule has 1 aromatic rings. The predicted molar refractivity (Wildman–Crippen MR) is 64.9 cm³/mol. The van der Waals surface area contributed by atoms with Gasteiger partial charge >= 0.3 is 0 Å². The van der Waals surface area contributed by atoms with E-state index in [9.17, 15) is 9.90 Å². The smallest absolute Gasteiger partial charge is 0.257 e. The molecule has 17 heavy (non-hydrogen) atoms. The van der Waals surface area contributed by atoms with Crippen molar-refractivity contribution in [2.24, 2.45) is 0 Å². The molecular formula is C13H18N2O2. The molecule has 2 heterocycles. The topological polar surface area (TPSA) is 53.4 Å². The first kappa shape index (κ1) is 11.9. The van der Waals surface area contributed by atoms with E-state index in [1.165, 1.54) is 25.2 Å². The Balaban J connectivity index is 2.21. The summed E-state index contributed by atoms with van der Waals surface area (Å²) in [5, 5.41) is 9.66. The zero-order chi connectivity index (χ0) is 12.3. The van der Waals surface area contributed by atoms with E-state index in [0.29, 0.717) is 5.56 Å². The van der Waals surface area contributed by atoms with Crippen molar-refractivity contribution < 1.29 is 9.90 Å². The van der Waals surface area contributed by atoms with E-state index in [0.717, 1.165) is 19.4 Å². The van der Waals surface area contributed by atoms with Crippen molar-refractivity contribution in [3.8, 4) is 5.75 Å². The fourth-order valence-corrected chi connectivity index (χ4v) is 2.30. The van der Waals surface area contributed by atoms with Crippen LogP contribution in [0, 0.1) is 0 Å². The van der Waals surface area contributed by atoms with Gasteiger partial charge in [-0.15, -0.1) is 0 Å². The minimum Gasteiger partial charge on any atom is -0.505 e. The molecule has 1 aliphatic rings. The number of nitrogens with zero attached hydrogens (tertiary/aromatic N) is 2. The van der Waals surface area contributed by atoms with Gasteiger partial charge in [-0.3, -0.25) is 9.78 Å². The zero-order valence-corrected chi connectivity index (χ0v) is 10.1. The van der Waals surface area contributed by atoms with Gasteiger partial charge in [-0.2, -0.15) is 0 Å². The van der Waals surface area contributed by atoms with E-state index < -0.39 is 0 Å². The van der Waals surface area contributed by atoms with Crippen LogP contribution in [0.2, 0.25) is 0 Å². The van der Waals surface area contributed by atoms with Gasteiger partial charge in [-0.05, 0) is 25.8 Å². The van der Waals surface area contributed by atoms with Gasteiger partial charge in [0.05, 0.1) is 11.8 Å². The van der Waals surface area contributed by atoms with Crippen LogP contribution in [0.5, 0.6) is 5.75 Å². The fraction of sp³-hybridized carbons (Fsp3) is 0.538. The molecule has 0 saturated carbocycles. The second-order valence-corrected chi connectivity index (χ2v) is 4.59. The number of carbonyl (C=O) groups excluding carboxylic acids is 1. The Morgan fingerprint density at radius 3 is 3.06 bits per heavy atom. The third-order valence-electron chi connectivity index (χ3n) is 3.34. The molecule has 92 valence electrons. The van der Waals surface area contributed by atoms with E-state index in [-0.39, 0.29) is 17.7 Å². The molecule has 1 amide bonds. The average molecular weight is 234 g/mol. The maximum absolute atomic E-state index is 12.3. The Morgan fingerprint density at radius 1 is 1.47 bits per heavy atom. The highest BCUT2D eigenvalue weighted by molar-refractivity contribution is 5.96. The Labute approximate surface area is 101 Å². The van der Waals surface area contributed by atoms with Gasteiger partial charge in [-0.1, -0.05) is 12.8 Å². The van der Waals surface area contributed by atoms with Gasteiger partial charge in [0.1, 0.15) is 5.75 Å². The molecular weight excluding hydrogens is 216 g/mol. The van der Waals surface area contributed by atoms with Crippen LogP contribution in [-0.4, -0.2) is 33.5 Å². The van der Waals surface area contributed by atoms with Gasteiger partial charge in [0.25, 0.3) is 5.91 Å². The van der Waals surface area contributed by atoms with Crippen LogP contribution in [0.4, 0.5) is 0 Å². The van der Waals surface area contributed by atoms with Crippen LogP contribution in [0.3, 0.4) is 0 Å². The van der Waals surface area contributed by atoms with Crippen molar-refractivity contribution in [2.45, 2.75) is 38.6 Å². The van der Waals surface area contributed by atoms with E-state index in [1.807, 2.05) is 4.90 Å². The first-order chi connectivity index (χ1) is 8.20. The number of hydrogen-bond acceptors (Lipinski definition) is 3. The maximum atomic E-state index is 12.3. The second-order valence-electron chi connectivity index (χ2n) is 4.59. The Bertz CT molecular complexity index is 406. The Kier molecular flexibility index (Phi) is 3.61. The molecule has 1 fully saturated rings. The van der Waals surface area contributed by atoms with Crippen LogP contribution < -0.4 is 0 Å². The van der Waals surface area contributed by atoms with E-state index >= 15 is 0 Å². The third kappa shape index (κ3) is 2.57. The van der Waals surface area contributed by atoms with Crippen molar-refractivity contribution in [1.29, 1.82) is 0 Å². The zero-order valence-electron chi connectivity index (χ0n) is 10.1. The Morgan fingerprint density at radius 2 is 2.29 bits per heavy atom. The molecule has 1 aliphatic heterocycles. The summed E-state index contributed by atoms with van der Waals surface area (Å²) < 4.78 is 0. The molecule has 0 aliphatic carbocycles. The van der Waals surface area contributed by atoms with Crippen molar-refractivity contribution in [2.75, 3.05) is 6.54 Å². The van der Waals surface area contributed by atoms with E-state index in [1.54, 1.807) is 6.07 Å². The van der Waals surface area contributed by atoms with Crippen molar-refractivity contribution >= 4 is 5.91 Å². The van der Waals surface area contributed by atoms with Crippen LogP contribution in [-0.2, 0) is 0 Å². The minimum absolute atomic E-state index is 0.0334. The van der Waals surface area contributed by atoms with Crippen LogP contribution in [0.15, 0.2) is 18.5 Å². The predicted octanol–water partition coefficient (Wildman–Crippen LogP) is 2.19. The number of aromatic nitrogens is 1. The molecule has 2 rings (SSSR count).